The zero-order valence-corrected chi connectivity index (χ0v) is 12.6. The number of rotatable bonds is 3. The summed E-state index contributed by atoms with van der Waals surface area (Å²) in [4.78, 5) is 22.9. The van der Waals surface area contributed by atoms with Crippen LogP contribution in [0.25, 0.3) is 11.1 Å². The predicted octanol–water partition coefficient (Wildman–Crippen LogP) is 2.69. The number of aromatic hydroxyl groups is 1. The summed E-state index contributed by atoms with van der Waals surface area (Å²) in [5.41, 5.74) is 2.46. The van der Waals surface area contributed by atoms with Crippen LogP contribution in [0.5, 0.6) is 11.5 Å². The van der Waals surface area contributed by atoms with Crippen molar-refractivity contribution in [3.05, 3.63) is 52.2 Å². The molecular weight excluding hydrogens is 282 g/mol. The van der Waals surface area contributed by atoms with Gasteiger partial charge in [-0.3, -0.25) is 9.59 Å². The molecule has 0 aliphatic rings. The van der Waals surface area contributed by atoms with Gasteiger partial charge >= 0.3 is 0 Å². The molecule has 22 heavy (non-hydrogen) atoms. The monoisotopic (exact) mass is 299 g/mol. The average molecular weight is 299 g/mol. The van der Waals surface area contributed by atoms with Gasteiger partial charge in [-0.2, -0.15) is 0 Å². The molecule has 0 atom stereocenters. The van der Waals surface area contributed by atoms with Crippen molar-refractivity contribution in [2.75, 3.05) is 12.4 Å². The zero-order valence-electron chi connectivity index (χ0n) is 12.6. The first-order chi connectivity index (χ1) is 10.4. The first kappa shape index (κ1) is 15.6. The minimum atomic E-state index is -0.549. The summed E-state index contributed by atoms with van der Waals surface area (Å²) in [5.74, 6) is -0.421. The summed E-state index contributed by atoms with van der Waals surface area (Å²) >= 11 is 0. The molecule has 1 amide bonds. The van der Waals surface area contributed by atoms with E-state index < -0.39 is 5.43 Å². The Labute approximate surface area is 128 Å². The van der Waals surface area contributed by atoms with E-state index in [0.29, 0.717) is 11.3 Å². The van der Waals surface area contributed by atoms with Gasteiger partial charge < -0.3 is 15.2 Å². The smallest absolute Gasteiger partial charge is 0.261 e. The van der Waals surface area contributed by atoms with E-state index in [4.69, 9.17) is 4.74 Å². The molecule has 0 saturated heterocycles. The van der Waals surface area contributed by atoms with Crippen LogP contribution in [0.2, 0.25) is 0 Å². The van der Waals surface area contributed by atoms with E-state index in [1.807, 2.05) is 19.1 Å². The maximum Gasteiger partial charge on any atom is 0.261 e. The Morgan fingerprint density at radius 3 is 2.36 bits per heavy atom. The van der Waals surface area contributed by atoms with Gasteiger partial charge in [-0.15, -0.1) is 0 Å². The molecule has 2 aromatic carbocycles. The summed E-state index contributed by atoms with van der Waals surface area (Å²) in [6.07, 6.45) is 0. The molecule has 0 heterocycles. The SMILES string of the molecule is COc1cc(C)c(-c2ccc(NC(C)=O)cc2)cc(O)c1=O. The lowest BCUT2D eigenvalue weighted by atomic mass is 10.0. The summed E-state index contributed by atoms with van der Waals surface area (Å²) in [5, 5.41) is 12.6. The van der Waals surface area contributed by atoms with Gasteiger partial charge in [0.2, 0.25) is 5.91 Å². The number of carbonyl (C=O) groups is 1. The van der Waals surface area contributed by atoms with E-state index in [2.05, 4.69) is 5.32 Å². The Hall–Kier alpha value is -2.82. The normalized spacial score (nSPS) is 10.1. The van der Waals surface area contributed by atoms with Gasteiger partial charge in [0.1, 0.15) is 0 Å². The summed E-state index contributed by atoms with van der Waals surface area (Å²) in [6, 6.07) is 10.2. The van der Waals surface area contributed by atoms with Gasteiger partial charge in [-0.25, -0.2) is 0 Å². The molecule has 0 radical (unpaired) electrons. The van der Waals surface area contributed by atoms with Crippen LogP contribution in [0.1, 0.15) is 12.5 Å². The molecule has 114 valence electrons. The molecule has 0 unspecified atom stereocenters. The van der Waals surface area contributed by atoms with Crippen molar-refractivity contribution < 1.29 is 14.6 Å². The summed E-state index contributed by atoms with van der Waals surface area (Å²) in [7, 11) is 1.39. The second-order valence-corrected chi connectivity index (χ2v) is 4.93. The van der Waals surface area contributed by atoms with Crippen molar-refractivity contribution in [3.63, 3.8) is 0 Å². The Balaban J connectivity index is 2.53. The highest BCUT2D eigenvalue weighted by Crippen LogP contribution is 2.27. The molecule has 0 bridgehead atoms. The van der Waals surface area contributed by atoms with Crippen LogP contribution in [0, 0.1) is 6.92 Å². The molecule has 2 N–H and O–H groups in total. The van der Waals surface area contributed by atoms with Crippen molar-refractivity contribution in [1.82, 2.24) is 0 Å². The molecule has 0 saturated carbocycles. The number of benzene rings is 1. The number of nitrogens with one attached hydrogen (secondary N) is 1. The fraction of sp³-hybridized carbons (Fsp3) is 0.176. The quantitative estimate of drug-likeness (QED) is 0.913. The topological polar surface area (TPSA) is 75.6 Å². The van der Waals surface area contributed by atoms with Gasteiger partial charge in [0.05, 0.1) is 7.11 Å². The molecule has 2 aromatic rings. The molecule has 5 heteroatoms. The standard InChI is InChI=1S/C17H17NO4/c1-10-8-16(22-3)17(21)15(20)9-14(10)12-4-6-13(7-5-12)18-11(2)19/h4-9H,1-3H3,(H,18,19)(H,20,21). The predicted molar refractivity (Wildman–Crippen MR) is 85.4 cm³/mol. The Morgan fingerprint density at radius 1 is 1.18 bits per heavy atom. The van der Waals surface area contributed by atoms with Crippen LogP contribution in [0.3, 0.4) is 0 Å². The Morgan fingerprint density at radius 2 is 1.82 bits per heavy atom. The number of amides is 1. The van der Waals surface area contributed by atoms with Crippen molar-refractivity contribution in [2.45, 2.75) is 13.8 Å². The third kappa shape index (κ3) is 3.25. The number of methoxy groups -OCH3 is 1. The van der Waals surface area contributed by atoms with Gasteiger partial charge in [0.25, 0.3) is 5.43 Å². The van der Waals surface area contributed by atoms with Crippen molar-refractivity contribution in [1.29, 1.82) is 0 Å². The number of hydrogen-bond acceptors (Lipinski definition) is 4. The van der Waals surface area contributed by atoms with Crippen LogP contribution in [-0.4, -0.2) is 18.1 Å². The van der Waals surface area contributed by atoms with Crippen molar-refractivity contribution in [2.24, 2.45) is 0 Å². The van der Waals surface area contributed by atoms with Crippen LogP contribution < -0.4 is 15.5 Å². The van der Waals surface area contributed by atoms with E-state index in [1.54, 1.807) is 18.2 Å². The van der Waals surface area contributed by atoms with E-state index in [-0.39, 0.29) is 17.4 Å². The van der Waals surface area contributed by atoms with E-state index in [0.717, 1.165) is 11.1 Å². The van der Waals surface area contributed by atoms with Crippen molar-refractivity contribution >= 4 is 11.6 Å². The number of hydrogen-bond donors (Lipinski definition) is 2. The molecule has 5 nitrogen and oxygen atoms in total. The summed E-state index contributed by atoms with van der Waals surface area (Å²) in [6.45, 7) is 3.27. The lowest BCUT2D eigenvalue weighted by Crippen LogP contribution is -2.05. The van der Waals surface area contributed by atoms with E-state index in [9.17, 15) is 14.7 Å². The highest BCUT2D eigenvalue weighted by atomic mass is 16.5. The average Bonchev–Trinajstić information content (AvgIpc) is 2.59. The van der Waals surface area contributed by atoms with Crippen LogP contribution in [0.4, 0.5) is 5.69 Å². The molecule has 0 fully saturated rings. The third-order valence-corrected chi connectivity index (χ3v) is 3.25. The number of anilines is 1. The third-order valence-electron chi connectivity index (χ3n) is 3.25. The van der Waals surface area contributed by atoms with Crippen LogP contribution in [-0.2, 0) is 4.79 Å². The van der Waals surface area contributed by atoms with Gasteiger partial charge in [-0.1, -0.05) is 12.1 Å². The van der Waals surface area contributed by atoms with Gasteiger partial charge in [0, 0.05) is 12.6 Å². The lowest BCUT2D eigenvalue weighted by Gasteiger charge is -2.06. The molecule has 0 aliphatic heterocycles. The minimum absolute atomic E-state index is 0.0936. The molecule has 0 aliphatic carbocycles. The van der Waals surface area contributed by atoms with Crippen LogP contribution in [0.15, 0.2) is 41.2 Å². The largest absolute Gasteiger partial charge is 0.504 e. The number of carbonyl (C=O) groups excluding carboxylic acids is 1. The molecule has 0 spiro atoms. The van der Waals surface area contributed by atoms with E-state index >= 15 is 0 Å². The second-order valence-electron chi connectivity index (χ2n) is 4.93. The summed E-state index contributed by atoms with van der Waals surface area (Å²) < 4.78 is 5.00. The van der Waals surface area contributed by atoms with Gasteiger partial charge in [-0.05, 0) is 47.9 Å². The molecular formula is C17H17NO4. The van der Waals surface area contributed by atoms with Gasteiger partial charge in [0.15, 0.2) is 11.5 Å². The maximum atomic E-state index is 11.9. The second kappa shape index (κ2) is 6.30. The Kier molecular flexibility index (Phi) is 4.46. The maximum absolute atomic E-state index is 11.9. The first-order valence-electron chi connectivity index (χ1n) is 6.72. The Bertz CT molecular complexity index is 767. The fourth-order valence-electron chi connectivity index (χ4n) is 2.18. The van der Waals surface area contributed by atoms with Crippen molar-refractivity contribution in [3.8, 4) is 22.6 Å². The minimum Gasteiger partial charge on any atom is -0.504 e. The van der Waals surface area contributed by atoms with Crippen LogP contribution >= 0.6 is 0 Å². The highest BCUT2D eigenvalue weighted by Gasteiger charge is 2.09. The highest BCUT2D eigenvalue weighted by molar-refractivity contribution is 5.89. The fourth-order valence-corrected chi connectivity index (χ4v) is 2.18. The molecule has 0 aromatic heterocycles. The zero-order chi connectivity index (χ0) is 16.3. The van der Waals surface area contributed by atoms with E-state index in [1.165, 1.54) is 20.1 Å². The lowest BCUT2D eigenvalue weighted by molar-refractivity contribution is -0.114. The number of ether oxygens (including phenoxy) is 1. The molecule has 2 rings (SSSR count). The first-order valence-corrected chi connectivity index (χ1v) is 6.72. The number of aryl methyl sites for hydroxylation is 1.